The number of aromatic nitrogens is 2. The number of carbonyl (C=O) groups is 1. The first-order valence-electron chi connectivity index (χ1n) is 9.42. The zero-order valence-electron chi connectivity index (χ0n) is 15.9. The number of piperidine rings is 1. The lowest BCUT2D eigenvalue weighted by molar-refractivity contribution is -0.117. The predicted molar refractivity (Wildman–Crippen MR) is 106 cm³/mol. The van der Waals surface area contributed by atoms with Gasteiger partial charge in [0.1, 0.15) is 18.1 Å². The van der Waals surface area contributed by atoms with Gasteiger partial charge in [0.05, 0.1) is 17.8 Å². The van der Waals surface area contributed by atoms with Gasteiger partial charge in [-0.25, -0.2) is 0 Å². The molecule has 6 heteroatoms. The Bertz CT molecular complexity index is 779. The molecule has 0 N–H and O–H groups in total. The van der Waals surface area contributed by atoms with Crippen LogP contribution in [0.2, 0.25) is 5.02 Å². The van der Waals surface area contributed by atoms with Crippen molar-refractivity contribution in [1.29, 1.82) is 0 Å². The molecule has 3 rings (SSSR count). The molecule has 2 aromatic rings. The summed E-state index contributed by atoms with van der Waals surface area (Å²) in [5.41, 5.74) is 2.34. The van der Waals surface area contributed by atoms with Crippen molar-refractivity contribution in [3.63, 3.8) is 0 Å². The van der Waals surface area contributed by atoms with Crippen LogP contribution in [-0.2, 0) is 17.6 Å². The van der Waals surface area contributed by atoms with Crippen LogP contribution in [0.4, 0.5) is 0 Å². The molecule has 1 fully saturated rings. The molecule has 0 radical (unpaired) electrons. The second-order valence-corrected chi connectivity index (χ2v) is 7.67. The van der Waals surface area contributed by atoms with E-state index in [0.29, 0.717) is 23.4 Å². The van der Waals surface area contributed by atoms with E-state index in [1.54, 1.807) is 18.5 Å². The average Bonchev–Trinajstić information content (AvgIpc) is 2.64. The highest BCUT2D eigenvalue weighted by Crippen LogP contribution is 2.25. The number of hydrogen-bond donors (Lipinski definition) is 0. The highest BCUT2D eigenvalue weighted by atomic mass is 35.5. The topological polar surface area (TPSA) is 55.3 Å². The third-order valence-electron chi connectivity index (χ3n) is 4.98. The summed E-state index contributed by atoms with van der Waals surface area (Å²) in [4.78, 5) is 23.3. The van der Waals surface area contributed by atoms with Crippen LogP contribution in [0.15, 0.2) is 30.6 Å². The van der Waals surface area contributed by atoms with Crippen molar-refractivity contribution >= 4 is 17.4 Å². The van der Waals surface area contributed by atoms with Gasteiger partial charge in [0.2, 0.25) is 0 Å². The number of likely N-dealkylation sites (N-methyl/N-ethyl adjacent to an activating group) is 1. The van der Waals surface area contributed by atoms with Crippen LogP contribution in [0, 0.1) is 6.92 Å². The van der Waals surface area contributed by atoms with Crippen molar-refractivity contribution in [2.45, 2.75) is 45.1 Å². The van der Waals surface area contributed by atoms with E-state index in [1.165, 1.54) is 12.8 Å². The van der Waals surface area contributed by atoms with Gasteiger partial charge in [-0.1, -0.05) is 18.0 Å². The maximum Gasteiger partial charge on any atom is 0.143 e. The van der Waals surface area contributed by atoms with Gasteiger partial charge in [-0.05, 0) is 51.6 Å². The largest absolute Gasteiger partial charge is 0.492 e. The minimum atomic E-state index is 0.0649. The van der Waals surface area contributed by atoms with Gasteiger partial charge >= 0.3 is 0 Å². The number of carbonyl (C=O) groups excluding carboxylic acids is 1. The Morgan fingerprint density at radius 3 is 2.85 bits per heavy atom. The van der Waals surface area contributed by atoms with E-state index >= 15 is 0 Å². The van der Waals surface area contributed by atoms with Crippen molar-refractivity contribution < 1.29 is 9.53 Å². The van der Waals surface area contributed by atoms with E-state index < -0.39 is 0 Å². The van der Waals surface area contributed by atoms with Crippen molar-refractivity contribution in [2.24, 2.45) is 0 Å². The smallest absolute Gasteiger partial charge is 0.143 e. The number of ether oxygens (including phenoxy) is 1. The molecule has 0 unspecified atom stereocenters. The normalized spacial score (nSPS) is 17.7. The van der Waals surface area contributed by atoms with Crippen molar-refractivity contribution in [3.8, 4) is 5.75 Å². The maximum atomic E-state index is 12.5. The molecule has 1 aliphatic rings. The third-order valence-corrected chi connectivity index (χ3v) is 5.21. The fraction of sp³-hybridized carbons (Fsp3) is 0.476. The summed E-state index contributed by atoms with van der Waals surface area (Å²) in [7, 11) is 2.14. The fourth-order valence-electron chi connectivity index (χ4n) is 3.36. The number of Topliss-reactive ketones (excluding diaryl/α,β-unsaturated/α-hetero) is 1. The second kappa shape index (κ2) is 9.29. The molecule has 0 saturated carbocycles. The van der Waals surface area contributed by atoms with E-state index in [9.17, 15) is 4.79 Å². The summed E-state index contributed by atoms with van der Waals surface area (Å²) < 4.78 is 6.09. The van der Waals surface area contributed by atoms with Crippen LogP contribution >= 0.6 is 11.6 Å². The van der Waals surface area contributed by atoms with Crippen LogP contribution in [0.1, 0.15) is 36.2 Å². The SMILES string of the molecule is Cc1cnc(CC(=O)Cc2cc(Cl)ccc2OC[C@@H]2CCCCN2C)cn1. The number of ketones is 1. The predicted octanol–water partition coefficient (Wildman–Crippen LogP) is 3.66. The summed E-state index contributed by atoms with van der Waals surface area (Å²) in [6.07, 6.45) is 7.48. The highest BCUT2D eigenvalue weighted by Gasteiger charge is 2.20. The molecule has 0 spiro atoms. The van der Waals surface area contributed by atoms with Gasteiger partial charge in [0.15, 0.2) is 0 Å². The van der Waals surface area contributed by atoms with Gasteiger partial charge in [0.25, 0.3) is 0 Å². The monoisotopic (exact) mass is 387 g/mol. The summed E-state index contributed by atoms with van der Waals surface area (Å²) in [5, 5.41) is 0.607. The molecule has 144 valence electrons. The second-order valence-electron chi connectivity index (χ2n) is 7.23. The summed E-state index contributed by atoms with van der Waals surface area (Å²) in [5.74, 6) is 0.803. The molecule has 1 atom stereocenters. The Balaban J connectivity index is 1.64. The molecule has 5 nitrogen and oxygen atoms in total. The third kappa shape index (κ3) is 5.75. The Kier molecular flexibility index (Phi) is 6.80. The standard InChI is InChI=1S/C21H26ClN3O2/c1-15-12-24-18(13-23-15)11-20(26)10-16-9-17(22)6-7-21(16)27-14-19-5-3-4-8-25(19)2/h6-7,9,12-13,19H,3-5,8,10-11,14H2,1-2H3/t19-/m0/s1. The van der Waals surface area contributed by atoms with Crippen molar-refractivity contribution in [3.05, 3.63) is 52.6 Å². The van der Waals surface area contributed by atoms with Crippen molar-refractivity contribution in [1.82, 2.24) is 14.9 Å². The fourth-order valence-corrected chi connectivity index (χ4v) is 3.55. The molecule has 27 heavy (non-hydrogen) atoms. The Morgan fingerprint density at radius 2 is 2.11 bits per heavy atom. The number of halogens is 1. The molecular weight excluding hydrogens is 362 g/mol. The van der Waals surface area contributed by atoms with E-state index in [1.807, 2.05) is 19.1 Å². The molecule has 0 bridgehead atoms. The zero-order chi connectivity index (χ0) is 19.2. The molecule has 1 saturated heterocycles. The van der Waals surface area contributed by atoms with Gasteiger partial charge < -0.3 is 9.64 Å². The van der Waals surface area contributed by atoms with Crippen LogP contribution in [0.3, 0.4) is 0 Å². The van der Waals surface area contributed by atoms with E-state index in [4.69, 9.17) is 16.3 Å². The van der Waals surface area contributed by atoms with Gasteiger partial charge in [0, 0.05) is 35.4 Å². The zero-order valence-corrected chi connectivity index (χ0v) is 16.7. The minimum absolute atomic E-state index is 0.0649. The average molecular weight is 388 g/mol. The number of benzene rings is 1. The summed E-state index contributed by atoms with van der Waals surface area (Å²) in [6, 6.07) is 5.90. The maximum absolute atomic E-state index is 12.5. The Morgan fingerprint density at radius 1 is 1.26 bits per heavy atom. The molecule has 0 aliphatic carbocycles. The number of aryl methyl sites for hydroxylation is 1. The van der Waals surface area contributed by atoms with Crippen LogP contribution in [-0.4, -0.2) is 46.9 Å². The molecule has 2 heterocycles. The Hall–Kier alpha value is -1.98. The number of rotatable bonds is 7. The van der Waals surface area contributed by atoms with E-state index in [0.717, 1.165) is 30.0 Å². The van der Waals surface area contributed by atoms with E-state index in [2.05, 4.69) is 21.9 Å². The van der Waals surface area contributed by atoms with Crippen LogP contribution in [0.25, 0.3) is 0 Å². The quantitative estimate of drug-likeness (QED) is 0.725. The lowest BCUT2D eigenvalue weighted by atomic mass is 10.0. The number of nitrogens with zero attached hydrogens (tertiary/aromatic N) is 3. The lowest BCUT2D eigenvalue weighted by Gasteiger charge is -2.32. The van der Waals surface area contributed by atoms with E-state index in [-0.39, 0.29) is 18.6 Å². The molecule has 1 aromatic heterocycles. The molecular formula is C21H26ClN3O2. The molecule has 1 aromatic carbocycles. The Labute approximate surface area is 165 Å². The van der Waals surface area contributed by atoms with Gasteiger partial charge in [-0.15, -0.1) is 0 Å². The minimum Gasteiger partial charge on any atom is -0.492 e. The number of hydrogen-bond acceptors (Lipinski definition) is 5. The van der Waals surface area contributed by atoms with Gasteiger partial charge in [-0.2, -0.15) is 0 Å². The first-order chi connectivity index (χ1) is 13.0. The van der Waals surface area contributed by atoms with Crippen LogP contribution < -0.4 is 4.74 Å². The highest BCUT2D eigenvalue weighted by molar-refractivity contribution is 6.30. The lowest BCUT2D eigenvalue weighted by Crippen LogP contribution is -2.40. The number of likely N-dealkylation sites (tertiary alicyclic amines) is 1. The molecule has 1 aliphatic heterocycles. The summed E-state index contributed by atoms with van der Waals surface area (Å²) in [6.45, 7) is 3.61. The first kappa shape index (κ1) is 19.8. The molecule has 0 amide bonds. The summed E-state index contributed by atoms with van der Waals surface area (Å²) >= 11 is 6.15. The van der Waals surface area contributed by atoms with Gasteiger partial charge in [-0.3, -0.25) is 14.8 Å². The van der Waals surface area contributed by atoms with Crippen molar-refractivity contribution in [2.75, 3.05) is 20.2 Å². The van der Waals surface area contributed by atoms with Crippen LogP contribution in [0.5, 0.6) is 5.75 Å². The first-order valence-corrected chi connectivity index (χ1v) is 9.80.